The van der Waals surface area contributed by atoms with Crippen LogP contribution in [0.25, 0.3) is 10.4 Å². The predicted molar refractivity (Wildman–Crippen MR) is 72.8 cm³/mol. The Morgan fingerprint density at radius 3 is 2.53 bits per heavy atom. The van der Waals surface area contributed by atoms with E-state index in [0.29, 0.717) is 10.0 Å². The molecule has 0 heterocycles. The fraction of sp³-hybridized carbons (Fsp3) is 0. The Kier molecular flexibility index (Phi) is 3.94. The third-order valence-corrected chi connectivity index (χ3v) is 2.96. The van der Waals surface area contributed by atoms with Crippen molar-refractivity contribution < 1.29 is 9.18 Å². The van der Waals surface area contributed by atoms with Gasteiger partial charge in [0.25, 0.3) is 0 Å². The molecule has 0 radical (unpaired) electrons. The van der Waals surface area contributed by atoms with E-state index in [2.05, 4.69) is 26.0 Å². The molecule has 19 heavy (non-hydrogen) atoms. The third kappa shape index (κ3) is 2.99. The molecule has 0 aliphatic heterocycles. The summed E-state index contributed by atoms with van der Waals surface area (Å²) in [6.45, 7) is 0. The van der Waals surface area contributed by atoms with Crippen molar-refractivity contribution in [2.24, 2.45) is 5.11 Å². The maximum absolute atomic E-state index is 12.8. The molecule has 0 saturated heterocycles. The number of hydrogen-bond donors (Lipinski definition) is 0. The van der Waals surface area contributed by atoms with Crippen molar-refractivity contribution in [2.75, 3.05) is 0 Å². The summed E-state index contributed by atoms with van der Waals surface area (Å²) in [5.74, 6) is -0.746. The minimum absolute atomic E-state index is 0.236. The molecule has 0 spiro atoms. The maximum atomic E-state index is 12.8. The van der Waals surface area contributed by atoms with Gasteiger partial charge in [-0.15, -0.1) is 0 Å². The summed E-state index contributed by atoms with van der Waals surface area (Å²) >= 11 is 3.25. The number of halogens is 2. The summed E-state index contributed by atoms with van der Waals surface area (Å²) in [5, 5.41) is 3.48. The average molecular weight is 320 g/mol. The van der Waals surface area contributed by atoms with Crippen molar-refractivity contribution in [3.8, 4) is 0 Å². The molecule has 0 saturated carbocycles. The lowest BCUT2D eigenvalue weighted by atomic mass is 10.0. The fourth-order valence-corrected chi connectivity index (χ4v) is 1.94. The lowest BCUT2D eigenvalue weighted by Crippen LogP contribution is -2.01. The Balaban J connectivity index is 2.51. The fourth-order valence-electron chi connectivity index (χ4n) is 1.58. The van der Waals surface area contributed by atoms with Crippen LogP contribution in [0.3, 0.4) is 0 Å². The number of carbonyl (C=O) groups is 1. The smallest absolute Gasteiger partial charge is 0.193 e. The number of carbonyl (C=O) groups excluding carboxylic acids is 1. The average Bonchev–Trinajstić information content (AvgIpc) is 2.41. The van der Waals surface area contributed by atoms with Crippen LogP contribution >= 0.6 is 15.9 Å². The van der Waals surface area contributed by atoms with Gasteiger partial charge in [-0.2, -0.15) is 0 Å². The molecule has 0 unspecified atom stereocenters. The van der Waals surface area contributed by atoms with Crippen LogP contribution in [0.5, 0.6) is 0 Å². The lowest BCUT2D eigenvalue weighted by Gasteiger charge is -2.05. The highest BCUT2D eigenvalue weighted by molar-refractivity contribution is 9.10. The molecule has 0 atom stereocenters. The lowest BCUT2D eigenvalue weighted by molar-refractivity contribution is 0.103. The summed E-state index contributed by atoms with van der Waals surface area (Å²) in [5.41, 5.74) is 9.31. The zero-order valence-electron chi connectivity index (χ0n) is 9.55. The van der Waals surface area contributed by atoms with Crippen LogP contribution in [0.1, 0.15) is 15.9 Å². The zero-order chi connectivity index (χ0) is 13.8. The topological polar surface area (TPSA) is 65.8 Å². The molecule has 0 aliphatic carbocycles. The molecule has 2 rings (SSSR count). The van der Waals surface area contributed by atoms with E-state index >= 15 is 0 Å². The summed E-state index contributed by atoms with van der Waals surface area (Å²) in [6.07, 6.45) is 0. The van der Waals surface area contributed by atoms with Gasteiger partial charge in [0.1, 0.15) is 5.82 Å². The van der Waals surface area contributed by atoms with Gasteiger partial charge in [-0.3, -0.25) is 4.79 Å². The molecular weight excluding hydrogens is 313 g/mol. The molecule has 6 heteroatoms. The molecule has 2 aromatic carbocycles. The van der Waals surface area contributed by atoms with E-state index in [1.54, 1.807) is 18.2 Å². The van der Waals surface area contributed by atoms with Crippen LogP contribution in [-0.2, 0) is 0 Å². The minimum Gasteiger partial charge on any atom is -0.289 e. The van der Waals surface area contributed by atoms with Gasteiger partial charge in [0, 0.05) is 26.2 Å². The van der Waals surface area contributed by atoms with E-state index in [1.807, 2.05) is 0 Å². The van der Waals surface area contributed by atoms with Gasteiger partial charge in [-0.25, -0.2) is 4.39 Å². The van der Waals surface area contributed by atoms with E-state index in [0.717, 1.165) is 0 Å². The number of ketones is 1. The molecular formula is C13H7BrFN3O. The van der Waals surface area contributed by atoms with Crippen LogP contribution in [0, 0.1) is 5.82 Å². The van der Waals surface area contributed by atoms with Gasteiger partial charge < -0.3 is 0 Å². The third-order valence-electron chi connectivity index (χ3n) is 2.46. The van der Waals surface area contributed by atoms with Crippen LogP contribution in [-0.4, -0.2) is 5.78 Å². The Morgan fingerprint density at radius 1 is 1.21 bits per heavy atom. The second-order valence-electron chi connectivity index (χ2n) is 3.69. The van der Waals surface area contributed by atoms with E-state index in [9.17, 15) is 9.18 Å². The number of nitrogens with zero attached hydrogens (tertiary/aromatic N) is 3. The molecule has 0 aromatic heterocycles. The first-order valence-corrected chi connectivity index (χ1v) is 6.06. The van der Waals surface area contributed by atoms with Crippen LogP contribution in [0.15, 0.2) is 52.1 Å². The van der Waals surface area contributed by atoms with E-state index in [-0.39, 0.29) is 17.0 Å². The summed E-state index contributed by atoms with van der Waals surface area (Å²) < 4.78 is 13.5. The second-order valence-corrected chi connectivity index (χ2v) is 4.60. The van der Waals surface area contributed by atoms with Crippen LogP contribution in [0.4, 0.5) is 10.1 Å². The van der Waals surface area contributed by atoms with Crippen molar-refractivity contribution in [1.29, 1.82) is 0 Å². The van der Waals surface area contributed by atoms with Crippen molar-refractivity contribution in [3.05, 3.63) is 74.3 Å². The Morgan fingerprint density at radius 2 is 1.89 bits per heavy atom. The number of benzene rings is 2. The minimum atomic E-state index is -0.416. The quantitative estimate of drug-likeness (QED) is 0.348. The summed E-state index contributed by atoms with van der Waals surface area (Å²) in [6, 6.07) is 9.97. The van der Waals surface area contributed by atoms with Gasteiger partial charge in [0.15, 0.2) is 5.78 Å². The van der Waals surface area contributed by atoms with E-state index < -0.39 is 5.82 Å². The highest BCUT2D eigenvalue weighted by atomic mass is 79.9. The highest BCUT2D eigenvalue weighted by Crippen LogP contribution is 2.26. The van der Waals surface area contributed by atoms with Gasteiger partial charge in [-0.1, -0.05) is 27.1 Å². The molecule has 4 nitrogen and oxygen atoms in total. The first-order chi connectivity index (χ1) is 9.11. The Labute approximate surface area is 116 Å². The zero-order valence-corrected chi connectivity index (χ0v) is 11.1. The maximum Gasteiger partial charge on any atom is 0.193 e. The molecule has 0 fully saturated rings. The van der Waals surface area contributed by atoms with Crippen LogP contribution in [0.2, 0.25) is 0 Å². The predicted octanol–water partition coefficient (Wildman–Crippen LogP) is 4.76. The molecule has 0 amide bonds. The first kappa shape index (κ1) is 13.3. The standard InChI is InChI=1S/C13H7BrFN3O/c14-9-3-6-12(17-18-16)11(7-9)13(19)8-1-4-10(15)5-2-8/h1-7H. The Hall–Kier alpha value is -2.17. The molecule has 0 aliphatic rings. The van der Waals surface area contributed by atoms with Crippen molar-refractivity contribution >= 4 is 27.4 Å². The van der Waals surface area contributed by atoms with Gasteiger partial charge in [-0.05, 0) is 41.9 Å². The van der Waals surface area contributed by atoms with E-state index in [1.165, 1.54) is 24.3 Å². The van der Waals surface area contributed by atoms with Crippen molar-refractivity contribution in [1.82, 2.24) is 0 Å². The van der Waals surface area contributed by atoms with Gasteiger partial charge in [0.05, 0.1) is 0 Å². The number of azide groups is 1. The first-order valence-electron chi connectivity index (χ1n) is 5.27. The van der Waals surface area contributed by atoms with Crippen LogP contribution < -0.4 is 0 Å². The highest BCUT2D eigenvalue weighted by Gasteiger charge is 2.13. The summed E-state index contributed by atoms with van der Waals surface area (Å²) in [7, 11) is 0. The van der Waals surface area contributed by atoms with Crippen molar-refractivity contribution in [2.45, 2.75) is 0 Å². The second kappa shape index (κ2) is 5.65. The monoisotopic (exact) mass is 319 g/mol. The molecule has 0 bridgehead atoms. The largest absolute Gasteiger partial charge is 0.289 e. The SMILES string of the molecule is [N-]=[N+]=Nc1ccc(Br)cc1C(=O)c1ccc(F)cc1. The van der Waals surface area contributed by atoms with Gasteiger partial charge in [0.2, 0.25) is 0 Å². The molecule has 94 valence electrons. The number of rotatable bonds is 3. The van der Waals surface area contributed by atoms with E-state index in [4.69, 9.17) is 5.53 Å². The summed E-state index contributed by atoms with van der Waals surface area (Å²) in [4.78, 5) is 15.0. The van der Waals surface area contributed by atoms with Crippen molar-refractivity contribution in [3.63, 3.8) is 0 Å². The Bertz CT molecular complexity index is 679. The number of hydrogen-bond acceptors (Lipinski definition) is 2. The van der Waals surface area contributed by atoms with Gasteiger partial charge >= 0.3 is 0 Å². The normalized spacial score (nSPS) is 9.79. The molecule has 2 aromatic rings. The molecule has 0 N–H and O–H groups in total.